The van der Waals surface area contributed by atoms with E-state index in [0.29, 0.717) is 28.5 Å². The van der Waals surface area contributed by atoms with Gasteiger partial charge in [0.2, 0.25) is 17.8 Å². The summed E-state index contributed by atoms with van der Waals surface area (Å²) in [6.07, 6.45) is 15.6. The van der Waals surface area contributed by atoms with Crippen molar-refractivity contribution in [2.24, 2.45) is 5.73 Å². The van der Waals surface area contributed by atoms with Gasteiger partial charge in [-0.3, -0.25) is 9.59 Å². The van der Waals surface area contributed by atoms with Crippen molar-refractivity contribution in [3.8, 4) is 11.3 Å². The molecule has 6 N–H and O–H groups in total. The number of rotatable bonds is 6. The Bertz CT molecular complexity index is 1430. The lowest BCUT2D eigenvalue weighted by Crippen LogP contribution is -2.13. The van der Waals surface area contributed by atoms with Crippen LogP contribution in [0.5, 0.6) is 0 Å². The number of nitrogen functional groups attached to an aromatic ring is 1. The van der Waals surface area contributed by atoms with Crippen LogP contribution in [0.15, 0.2) is 73.1 Å². The molecule has 0 bridgehead atoms. The van der Waals surface area contributed by atoms with Crippen molar-refractivity contribution < 1.29 is 9.59 Å². The summed E-state index contributed by atoms with van der Waals surface area (Å²) in [4.78, 5) is 35.5. The van der Waals surface area contributed by atoms with Crippen molar-refractivity contribution >= 4 is 46.0 Å². The van der Waals surface area contributed by atoms with Crippen molar-refractivity contribution in [3.63, 3.8) is 0 Å². The predicted octanol–water partition coefficient (Wildman–Crippen LogP) is 6.04. The molecule has 0 unspecified atom stereocenters. The molecule has 0 aliphatic heterocycles. The number of primary amides is 1. The molecule has 1 aliphatic rings. The molecule has 0 radical (unpaired) electrons. The summed E-state index contributed by atoms with van der Waals surface area (Å²) < 4.78 is 0. The SMILES string of the molecule is C1CCCCC1.CN(C)C/C=C/C(=O)Nc1ccc(C(N)=O)cc1.Nc1ncc(Cl)c(-c2c[nH]c3ccccc23)n1. The number of benzene rings is 2. The van der Waals surface area contributed by atoms with Gasteiger partial charge in [0.25, 0.3) is 0 Å². The van der Waals surface area contributed by atoms with Crippen LogP contribution in [-0.2, 0) is 4.79 Å². The lowest BCUT2D eigenvalue weighted by atomic mass is 10.0. The lowest BCUT2D eigenvalue weighted by Gasteiger charge is -2.05. The van der Waals surface area contributed by atoms with Gasteiger partial charge in [0.1, 0.15) is 0 Å². The fourth-order valence-corrected chi connectivity index (χ4v) is 4.36. The molecule has 41 heavy (non-hydrogen) atoms. The zero-order valence-corrected chi connectivity index (χ0v) is 24.3. The number of nitrogens with zero attached hydrogens (tertiary/aromatic N) is 3. The van der Waals surface area contributed by atoms with Crippen LogP contribution in [0.25, 0.3) is 22.2 Å². The minimum atomic E-state index is -0.487. The number of carbonyl (C=O) groups is 2. The maximum atomic E-state index is 11.5. The lowest BCUT2D eigenvalue weighted by molar-refractivity contribution is -0.111. The van der Waals surface area contributed by atoms with E-state index in [2.05, 4.69) is 20.3 Å². The number of anilines is 2. The van der Waals surface area contributed by atoms with Gasteiger partial charge in [-0.05, 0) is 44.4 Å². The third kappa shape index (κ3) is 10.4. The number of hydrogen-bond acceptors (Lipinski definition) is 6. The average Bonchev–Trinajstić information content (AvgIpc) is 3.40. The zero-order valence-electron chi connectivity index (χ0n) is 23.6. The molecule has 1 saturated carbocycles. The van der Waals surface area contributed by atoms with Crippen LogP contribution in [0.4, 0.5) is 11.6 Å². The number of hydrogen-bond donors (Lipinski definition) is 4. The third-order valence-corrected chi connectivity index (χ3v) is 6.56. The molecular weight excluding hydrogens is 538 g/mol. The Kier molecular flexibility index (Phi) is 12.3. The first kappa shape index (κ1) is 31.3. The molecule has 1 aliphatic carbocycles. The molecule has 9 nitrogen and oxygen atoms in total. The smallest absolute Gasteiger partial charge is 0.248 e. The highest BCUT2D eigenvalue weighted by Gasteiger charge is 2.11. The molecule has 5 rings (SSSR count). The van der Waals surface area contributed by atoms with Crippen LogP contribution in [0, 0.1) is 0 Å². The topological polar surface area (TPSA) is 143 Å². The van der Waals surface area contributed by atoms with E-state index >= 15 is 0 Å². The monoisotopic (exact) mass is 575 g/mol. The minimum Gasteiger partial charge on any atom is -0.368 e. The van der Waals surface area contributed by atoms with Crippen LogP contribution in [0.1, 0.15) is 48.9 Å². The Balaban J connectivity index is 0.000000188. The van der Waals surface area contributed by atoms with E-state index < -0.39 is 5.91 Å². The van der Waals surface area contributed by atoms with Crippen molar-refractivity contribution in [1.29, 1.82) is 0 Å². The number of H-pyrrole nitrogens is 1. The van der Waals surface area contributed by atoms with Gasteiger partial charge in [-0.25, -0.2) is 9.97 Å². The zero-order chi connectivity index (χ0) is 29.6. The Morgan fingerprint density at radius 2 is 1.66 bits per heavy atom. The van der Waals surface area contributed by atoms with Gasteiger partial charge in [0, 0.05) is 46.5 Å². The number of aromatic amines is 1. The third-order valence-electron chi connectivity index (χ3n) is 6.28. The summed E-state index contributed by atoms with van der Waals surface area (Å²) >= 11 is 6.09. The molecule has 2 aromatic heterocycles. The normalized spacial score (nSPS) is 12.8. The Morgan fingerprint density at radius 3 is 2.27 bits per heavy atom. The maximum Gasteiger partial charge on any atom is 0.248 e. The summed E-state index contributed by atoms with van der Waals surface area (Å²) in [7, 11) is 3.84. The Hall–Kier alpha value is -4.21. The number of halogens is 1. The van der Waals surface area contributed by atoms with Crippen LogP contribution in [-0.4, -0.2) is 52.3 Å². The van der Waals surface area contributed by atoms with E-state index in [9.17, 15) is 9.59 Å². The van der Waals surface area contributed by atoms with E-state index in [0.717, 1.165) is 16.5 Å². The number of nitrogens with one attached hydrogen (secondary N) is 2. The minimum absolute atomic E-state index is 0.205. The molecule has 2 aromatic carbocycles. The molecule has 0 saturated heterocycles. The van der Waals surface area contributed by atoms with Crippen molar-refractivity contribution in [1.82, 2.24) is 19.9 Å². The highest BCUT2D eigenvalue weighted by molar-refractivity contribution is 6.33. The molecule has 1 fully saturated rings. The number of aromatic nitrogens is 3. The summed E-state index contributed by atoms with van der Waals surface area (Å²) in [5.41, 5.74) is 14.4. The van der Waals surface area contributed by atoms with Gasteiger partial charge in [-0.1, -0.05) is 74.4 Å². The number of carbonyl (C=O) groups excluding carboxylic acids is 2. The van der Waals surface area contributed by atoms with Gasteiger partial charge >= 0.3 is 0 Å². The van der Waals surface area contributed by atoms with Gasteiger partial charge in [-0.2, -0.15) is 0 Å². The maximum absolute atomic E-state index is 11.5. The van der Waals surface area contributed by atoms with E-state index in [1.165, 1.54) is 50.8 Å². The highest BCUT2D eigenvalue weighted by Crippen LogP contribution is 2.31. The number of fused-ring (bicyclic) bond motifs is 1. The van der Waals surface area contributed by atoms with Crippen LogP contribution < -0.4 is 16.8 Å². The second kappa shape index (κ2) is 16.2. The fourth-order valence-electron chi connectivity index (χ4n) is 4.17. The van der Waals surface area contributed by atoms with Crippen molar-refractivity contribution in [3.05, 3.63) is 83.7 Å². The molecule has 2 amide bonds. The summed E-state index contributed by atoms with van der Waals surface area (Å²) in [6, 6.07) is 14.4. The molecule has 2 heterocycles. The summed E-state index contributed by atoms with van der Waals surface area (Å²) in [6.45, 7) is 0.702. The molecular formula is C31H38ClN7O2. The van der Waals surface area contributed by atoms with Crippen LogP contribution >= 0.6 is 11.6 Å². The molecule has 0 spiro atoms. The summed E-state index contributed by atoms with van der Waals surface area (Å²) in [5.74, 6) is -0.475. The van der Waals surface area contributed by atoms with E-state index in [1.807, 2.05) is 49.5 Å². The van der Waals surface area contributed by atoms with E-state index in [-0.39, 0.29) is 11.9 Å². The summed E-state index contributed by atoms with van der Waals surface area (Å²) in [5, 5.41) is 4.24. The Labute approximate surface area is 246 Å². The standard InChI is InChI=1S/C13H17N3O2.C12H9ClN4.C6H12/c1-16(2)9-3-4-12(17)15-11-7-5-10(6-8-11)13(14)18;13-9-6-16-12(14)17-11(9)8-5-15-10-4-2-1-3-7(8)10;1-2-4-6-5-3-1/h3-8H,9H2,1-2H3,(H2,14,18)(H,15,17);1-6,15H,(H2,14,16,17);1-6H2/b4-3+;;. The number of amides is 2. The quantitative estimate of drug-likeness (QED) is 0.206. The van der Waals surface area contributed by atoms with Crippen molar-refractivity contribution in [2.75, 3.05) is 31.7 Å². The van der Waals surface area contributed by atoms with Crippen LogP contribution in [0.3, 0.4) is 0 Å². The van der Waals surface area contributed by atoms with Gasteiger partial charge in [-0.15, -0.1) is 0 Å². The molecule has 4 aromatic rings. The first-order valence-electron chi connectivity index (χ1n) is 13.6. The van der Waals surface area contributed by atoms with E-state index in [4.69, 9.17) is 23.1 Å². The number of nitrogens with two attached hydrogens (primary N) is 2. The van der Waals surface area contributed by atoms with Crippen molar-refractivity contribution in [2.45, 2.75) is 38.5 Å². The second-order valence-corrected chi connectivity index (χ2v) is 10.3. The average molecular weight is 576 g/mol. The van der Waals surface area contributed by atoms with E-state index in [1.54, 1.807) is 30.3 Å². The molecule has 0 atom stereocenters. The Morgan fingerprint density at radius 1 is 1.02 bits per heavy atom. The fraction of sp³-hybridized carbons (Fsp3) is 0.290. The first-order valence-corrected chi connectivity index (χ1v) is 14.0. The largest absolute Gasteiger partial charge is 0.368 e. The van der Waals surface area contributed by atoms with Crippen LogP contribution in [0.2, 0.25) is 5.02 Å². The number of para-hydroxylation sites is 1. The predicted molar refractivity (Wildman–Crippen MR) is 168 cm³/mol. The second-order valence-electron chi connectivity index (χ2n) is 9.89. The van der Waals surface area contributed by atoms with Gasteiger partial charge < -0.3 is 26.7 Å². The highest BCUT2D eigenvalue weighted by atomic mass is 35.5. The van der Waals surface area contributed by atoms with Gasteiger partial charge in [0.05, 0.1) is 16.9 Å². The molecule has 10 heteroatoms. The number of likely N-dealkylation sites (N-methyl/N-ethyl adjacent to an activating group) is 1. The first-order chi connectivity index (χ1) is 19.7. The molecule has 216 valence electrons. The van der Waals surface area contributed by atoms with Gasteiger partial charge in [0.15, 0.2) is 0 Å².